The normalized spacial score (nSPS) is 18.6. The Balaban J connectivity index is 1.57. The largest absolute Gasteiger partial charge is 0.467 e. The minimum absolute atomic E-state index is 0.227. The molecule has 1 aliphatic heterocycles. The summed E-state index contributed by atoms with van der Waals surface area (Å²) >= 11 is 0. The number of nitrogens with zero attached hydrogens (tertiary/aromatic N) is 5. The van der Waals surface area contributed by atoms with Crippen molar-refractivity contribution in [3.05, 3.63) is 48.3 Å². The zero-order valence-electron chi connectivity index (χ0n) is 19.2. The average molecular weight is 446 g/mol. The van der Waals surface area contributed by atoms with E-state index < -0.39 is 0 Å². The fourth-order valence-corrected chi connectivity index (χ4v) is 4.63. The molecule has 2 N–H and O–H groups in total. The lowest BCUT2D eigenvalue weighted by molar-refractivity contribution is 0.102. The summed E-state index contributed by atoms with van der Waals surface area (Å²) in [5.41, 5.74) is 3.56. The van der Waals surface area contributed by atoms with E-state index in [-0.39, 0.29) is 11.9 Å². The van der Waals surface area contributed by atoms with E-state index in [0.29, 0.717) is 28.9 Å². The second-order valence-corrected chi connectivity index (χ2v) is 8.62. The fraction of sp³-hybridized carbons (Fsp3) is 0.333. The number of carbonyl (C=O) groups excluding carboxylic acids is 1. The summed E-state index contributed by atoms with van der Waals surface area (Å²) in [6, 6.07) is 10.4. The third-order valence-electron chi connectivity index (χ3n) is 5.94. The molecule has 1 fully saturated rings. The molecule has 2 aromatic heterocycles. The van der Waals surface area contributed by atoms with Gasteiger partial charge in [0.25, 0.3) is 5.91 Å². The van der Waals surface area contributed by atoms with Crippen LogP contribution in [0.5, 0.6) is 6.01 Å². The smallest absolute Gasteiger partial charge is 0.316 e. The molecule has 170 valence electrons. The highest BCUT2D eigenvalue weighted by Crippen LogP contribution is 2.31. The molecule has 0 aliphatic carbocycles. The molecule has 0 radical (unpaired) electrons. The highest BCUT2D eigenvalue weighted by Gasteiger charge is 2.25. The Labute approximate surface area is 191 Å². The summed E-state index contributed by atoms with van der Waals surface area (Å²) in [4.78, 5) is 24.6. The number of nitrogens with one attached hydrogen (secondary N) is 2. The highest BCUT2D eigenvalue weighted by atomic mass is 16.5. The number of aryl methyl sites for hydroxylation is 1. The average Bonchev–Trinajstić information content (AvgIpc) is 3.18. The Bertz CT molecular complexity index is 1340. The number of rotatable bonds is 4. The number of hydrogen-bond acceptors (Lipinski definition) is 7. The molecule has 1 saturated heterocycles. The van der Waals surface area contributed by atoms with Crippen LogP contribution >= 0.6 is 0 Å². The summed E-state index contributed by atoms with van der Waals surface area (Å²) in [7, 11) is 3.38. The number of hydrogen-bond donors (Lipinski definition) is 2. The van der Waals surface area contributed by atoms with Crippen molar-refractivity contribution in [1.82, 2.24) is 25.1 Å². The van der Waals surface area contributed by atoms with Crippen LogP contribution in [0.4, 0.5) is 11.4 Å². The van der Waals surface area contributed by atoms with Gasteiger partial charge in [0.15, 0.2) is 0 Å². The first-order valence-corrected chi connectivity index (χ1v) is 11.0. The first-order valence-electron chi connectivity index (χ1n) is 11.0. The summed E-state index contributed by atoms with van der Waals surface area (Å²) < 4.78 is 7.00. The maximum absolute atomic E-state index is 13.4. The zero-order valence-corrected chi connectivity index (χ0v) is 19.2. The Morgan fingerprint density at radius 1 is 1.15 bits per heavy atom. The molecule has 2 unspecified atom stereocenters. The van der Waals surface area contributed by atoms with Crippen molar-refractivity contribution >= 4 is 39.1 Å². The third-order valence-corrected chi connectivity index (χ3v) is 5.94. The lowest BCUT2D eigenvalue weighted by Gasteiger charge is -2.38. The number of ether oxygens (including phenoxy) is 1. The van der Waals surface area contributed by atoms with Crippen molar-refractivity contribution in [2.45, 2.75) is 25.9 Å². The van der Waals surface area contributed by atoms with Crippen molar-refractivity contribution in [3.8, 4) is 6.01 Å². The van der Waals surface area contributed by atoms with E-state index in [9.17, 15) is 4.79 Å². The Kier molecular flexibility index (Phi) is 5.33. The van der Waals surface area contributed by atoms with E-state index in [4.69, 9.17) is 4.74 Å². The van der Waals surface area contributed by atoms with Crippen LogP contribution in [0.15, 0.2) is 42.7 Å². The van der Waals surface area contributed by atoms with E-state index in [1.54, 1.807) is 10.9 Å². The van der Waals surface area contributed by atoms with Gasteiger partial charge < -0.3 is 20.3 Å². The number of anilines is 2. The Morgan fingerprint density at radius 2 is 1.94 bits per heavy atom. The summed E-state index contributed by atoms with van der Waals surface area (Å²) in [6.45, 7) is 6.07. The molecule has 5 rings (SSSR count). The second kappa shape index (κ2) is 8.32. The molecule has 4 aromatic rings. The summed E-state index contributed by atoms with van der Waals surface area (Å²) in [6.07, 6.45) is 3.64. The van der Waals surface area contributed by atoms with Crippen LogP contribution in [0.2, 0.25) is 0 Å². The highest BCUT2D eigenvalue weighted by molar-refractivity contribution is 6.15. The van der Waals surface area contributed by atoms with Crippen LogP contribution in [0.3, 0.4) is 0 Å². The van der Waals surface area contributed by atoms with Crippen molar-refractivity contribution in [3.63, 3.8) is 0 Å². The van der Waals surface area contributed by atoms with Gasteiger partial charge in [0.05, 0.1) is 29.4 Å². The minimum Gasteiger partial charge on any atom is -0.467 e. The van der Waals surface area contributed by atoms with E-state index in [1.165, 1.54) is 7.11 Å². The lowest BCUT2D eigenvalue weighted by Crippen LogP contribution is -2.54. The number of amides is 1. The van der Waals surface area contributed by atoms with Gasteiger partial charge in [0, 0.05) is 61.1 Å². The van der Waals surface area contributed by atoms with Crippen LogP contribution < -0.4 is 20.3 Å². The van der Waals surface area contributed by atoms with Crippen molar-refractivity contribution in [1.29, 1.82) is 0 Å². The Morgan fingerprint density at radius 3 is 2.70 bits per heavy atom. The lowest BCUT2D eigenvalue weighted by atomic mass is 10.0. The third kappa shape index (κ3) is 3.95. The molecule has 0 spiro atoms. The number of piperazine rings is 1. The zero-order chi connectivity index (χ0) is 23.1. The number of aromatic nitrogens is 4. The monoisotopic (exact) mass is 445 g/mol. The van der Waals surface area contributed by atoms with Crippen LogP contribution in [0.1, 0.15) is 24.2 Å². The van der Waals surface area contributed by atoms with E-state index >= 15 is 0 Å². The standard InChI is InChI=1S/C24H27N7O2/c1-14-11-31(12-15(2)26-14)21-9-8-16(22-17(21)10-25-24(28-22)33-4)23(32)27-19-6-5-7-20-18(19)13-30(3)29-20/h5-10,13-15,26H,11-12H2,1-4H3,(H,27,32). The van der Waals surface area contributed by atoms with Gasteiger partial charge in [-0.2, -0.15) is 10.1 Å². The topological polar surface area (TPSA) is 97.2 Å². The van der Waals surface area contributed by atoms with Gasteiger partial charge >= 0.3 is 6.01 Å². The van der Waals surface area contributed by atoms with E-state index in [2.05, 4.69) is 44.4 Å². The number of carbonyl (C=O) groups is 1. The number of benzene rings is 2. The molecule has 2 aromatic carbocycles. The van der Waals surface area contributed by atoms with Gasteiger partial charge in [-0.1, -0.05) is 6.07 Å². The number of fused-ring (bicyclic) bond motifs is 2. The molecule has 0 saturated carbocycles. The minimum atomic E-state index is -0.245. The van der Waals surface area contributed by atoms with Gasteiger partial charge in [-0.25, -0.2) is 4.98 Å². The van der Waals surface area contributed by atoms with Crippen molar-refractivity contribution in [2.24, 2.45) is 7.05 Å². The van der Waals surface area contributed by atoms with Crippen molar-refractivity contribution in [2.75, 3.05) is 30.4 Å². The van der Waals surface area contributed by atoms with Gasteiger partial charge in [-0.15, -0.1) is 0 Å². The second-order valence-electron chi connectivity index (χ2n) is 8.62. The SMILES string of the molecule is COc1ncc2c(N3CC(C)NC(C)C3)ccc(C(=O)Nc3cccc4nn(C)cc34)c2n1. The van der Waals surface area contributed by atoms with Gasteiger partial charge in [0.2, 0.25) is 0 Å². The maximum Gasteiger partial charge on any atom is 0.316 e. The van der Waals surface area contributed by atoms with Crippen LogP contribution in [-0.2, 0) is 7.05 Å². The molecule has 9 nitrogen and oxygen atoms in total. The quantitative estimate of drug-likeness (QED) is 0.498. The molecule has 33 heavy (non-hydrogen) atoms. The van der Waals surface area contributed by atoms with Crippen LogP contribution in [0.25, 0.3) is 21.8 Å². The van der Waals surface area contributed by atoms with Gasteiger partial charge in [-0.05, 0) is 38.1 Å². The molecule has 3 heterocycles. The summed E-state index contributed by atoms with van der Waals surface area (Å²) in [5.74, 6) is -0.245. The molecule has 1 aliphatic rings. The molecule has 1 amide bonds. The molecule has 2 atom stereocenters. The molecule has 0 bridgehead atoms. The predicted octanol–water partition coefficient (Wildman–Crippen LogP) is 2.96. The van der Waals surface area contributed by atoms with Crippen molar-refractivity contribution < 1.29 is 9.53 Å². The predicted molar refractivity (Wildman–Crippen MR) is 129 cm³/mol. The molecular formula is C24H27N7O2. The fourth-order valence-electron chi connectivity index (χ4n) is 4.63. The van der Waals surface area contributed by atoms with Crippen LogP contribution in [-0.4, -0.2) is 57.9 Å². The first-order chi connectivity index (χ1) is 15.9. The van der Waals surface area contributed by atoms with E-state index in [1.807, 2.05) is 43.6 Å². The first kappa shape index (κ1) is 21.1. The molecular weight excluding hydrogens is 418 g/mol. The van der Waals surface area contributed by atoms with Crippen LogP contribution in [0, 0.1) is 0 Å². The molecule has 9 heteroatoms. The maximum atomic E-state index is 13.4. The summed E-state index contributed by atoms with van der Waals surface area (Å²) in [5, 5.41) is 12.7. The van der Waals surface area contributed by atoms with Gasteiger partial charge in [-0.3, -0.25) is 9.48 Å². The van der Waals surface area contributed by atoms with Gasteiger partial charge in [0.1, 0.15) is 0 Å². The van der Waals surface area contributed by atoms with E-state index in [0.717, 1.165) is 35.1 Å². The Hall–Kier alpha value is -3.72. The number of methoxy groups -OCH3 is 1.